The highest BCUT2D eigenvalue weighted by molar-refractivity contribution is 6.04. The van der Waals surface area contributed by atoms with Crippen LogP contribution in [-0.4, -0.2) is 30.6 Å². The summed E-state index contributed by atoms with van der Waals surface area (Å²) < 4.78 is 10.2. The molecular weight excluding hydrogens is 370 g/mol. The summed E-state index contributed by atoms with van der Waals surface area (Å²) in [4.78, 5) is 28.3. The molecule has 0 saturated carbocycles. The molecule has 7 nitrogen and oxygen atoms in total. The van der Waals surface area contributed by atoms with E-state index in [1.54, 1.807) is 54.7 Å². The van der Waals surface area contributed by atoms with Gasteiger partial charge in [-0.2, -0.15) is 0 Å². The largest absolute Gasteiger partial charge is 0.492 e. The van der Waals surface area contributed by atoms with Gasteiger partial charge in [0.25, 0.3) is 5.91 Å². The van der Waals surface area contributed by atoms with Gasteiger partial charge in [-0.15, -0.1) is 0 Å². The second-order valence-corrected chi connectivity index (χ2v) is 6.01. The SMILES string of the molecule is CCOc1ccccc1NC(=O)c1cc(Nc2ccc(C(=O)OC)cc2)ccn1. The number of nitrogens with zero attached hydrogens (tertiary/aromatic N) is 1. The highest BCUT2D eigenvalue weighted by Crippen LogP contribution is 2.24. The third kappa shape index (κ3) is 5.10. The first kappa shape index (κ1) is 19.9. The van der Waals surface area contributed by atoms with Gasteiger partial charge in [-0.25, -0.2) is 4.79 Å². The monoisotopic (exact) mass is 391 g/mol. The van der Waals surface area contributed by atoms with Crippen LogP contribution in [0.1, 0.15) is 27.8 Å². The smallest absolute Gasteiger partial charge is 0.337 e. The standard InChI is InChI=1S/C22H21N3O4/c1-3-29-20-7-5-4-6-18(20)25-21(26)19-14-17(12-13-23-19)24-16-10-8-15(9-11-16)22(27)28-2/h4-14H,3H2,1-2H3,(H,23,24)(H,25,26). The minimum Gasteiger partial charge on any atom is -0.492 e. The number of esters is 1. The van der Waals surface area contributed by atoms with Crippen molar-refractivity contribution in [2.45, 2.75) is 6.92 Å². The Hall–Kier alpha value is -3.87. The molecule has 29 heavy (non-hydrogen) atoms. The van der Waals surface area contributed by atoms with E-state index < -0.39 is 5.97 Å². The number of anilines is 3. The normalized spacial score (nSPS) is 10.1. The summed E-state index contributed by atoms with van der Waals surface area (Å²) in [5.41, 5.74) is 2.75. The number of aromatic nitrogens is 1. The van der Waals surface area contributed by atoms with E-state index >= 15 is 0 Å². The number of hydrogen-bond acceptors (Lipinski definition) is 6. The molecule has 1 aromatic heterocycles. The summed E-state index contributed by atoms with van der Waals surface area (Å²) in [6, 6.07) is 17.5. The van der Waals surface area contributed by atoms with Crippen LogP contribution in [0.2, 0.25) is 0 Å². The minimum atomic E-state index is -0.397. The number of ether oxygens (including phenoxy) is 2. The topological polar surface area (TPSA) is 89.6 Å². The third-order valence-electron chi connectivity index (χ3n) is 4.02. The molecule has 2 N–H and O–H groups in total. The summed E-state index contributed by atoms with van der Waals surface area (Å²) in [5, 5.41) is 6.01. The average molecular weight is 391 g/mol. The van der Waals surface area contributed by atoms with Gasteiger partial charge in [0.05, 0.1) is 25.0 Å². The van der Waals surface area contributed by atoms with Crippen LogP contribution in [0.15, 0.2) is 66.9 Å². The number of amides is 1. The molecule has 0 fully saturated rings. The van der Waals surface area contributed by atoms with Crippen LogP contribution in [0.25, 0.3) is 0 Å². The predicted molar refractivity (Wildman–Crippen MR) is 111 cm³/mol. The highest BCUT2D eigenvalue weighted by atomic mass is 16.5. The van der Waals surface area contributed by atoms with E-state index in [1.165, 1.54) is 7.11 Å². The van der Waals surface area contributed by atoms with Gasteiger partial charge in [-0.1, -0.05) is 12.1 Å². The van der Waals surface area contributed by atoms with E-state index in [2.05, 4.69) is 20.4 Å². The molecular formula is C22H21N3O4. The molecule has 0 aliphatic heterocycles. The van der Waals surface area contributed by atoms with E-state index in [9.17, 15) is 9.59 Å². The molecule has 3 rings (SSSR count). The number of nitrogens with one attached hydrogen (secondary N) is 2. The summed E-state index contributed by atoms with van der Waals surface area (Å²) in [6.07, 6.45) is 1.55. The van der Waals surface area contributed by atoms with E-state index in [4.69, 9.17) is 4.74 Å². The molecule has 0 saturated heterocycles. The second-order valence-electron chi connectivity index (χ2n) is 6.01. The van der Waals surface area contributed by atoms with Gasteiger partial charge in [0.15, 0.2) is 0 Å². The van der Waals surface area contributed by atoms with Crippen LogP contribution in [0.5, 0.6) is 5.75 Å². The fourth-order valence-electron chi connectivity index (χ4n) is 2.64. The molecule has 0 unspecified atom stereocenters. The average Bonchev–Trinajstić information content (AvgIpc) is 2.75. The van der Waals surface area contributed by atoms with Gasteiger partial charge in [0.1, 0.15) is 11.4 Å². The fraction of sp³-hybridized carbons (Fsp3) is 0.136. The third-order valence-corrected chi connectivity index (χ3v) is 4.02. The number of benzene rings is 2. The first-order valence-electron chi connectivity index (χ1n) is 9.05. The first-order valence-corrected chi connectivity index (χ1v) is 9.05. The Balaban J connectivity index is 1.72. The van der Waals surface area contributed by atoms with Gasteiger partial charge in [0, 0.05) is 17.6 Å². The lowest BCUT2D eigenvalue weighted by Gasteiger charge is -2.12. The number of carbonyl (C=O) groups excluding carboxylic acids is 2. The van der Waals surface area contributed by atoms with Gasteiger partial charge in [0.2, 0.25) is 0 Å². The Morgan fingerprint density at radius 2 is 1.76 bits per heavy atom. The van der Waals surface area contributed by atoms with E-state index in [0.29, 0.717) is 29.3 Å². The number of methoxy groups -OCH3 is 1. The molecule has 7 heteroatoms. The van der Waals surface area contributed by atoms with E-state index in [0.717, 1.165) is 5.69 Å². The Morgan fingerprint density at radius 1 is 1.00 bits per heavy atom. The lowest BCUT2D eigenvalue weighted by molar-refractivity contribution is 0.0600. The molecule has 2 aromatic carbocycles. The van der Waals surface area contributed by atoms with Crippen LogP contribution in [0.4, 0.5) is 17.1 Å². The van der Waals surface area contributed by atoms with Crippen molar-refractivity contribution >= 4 is 28.9 Å². The van der Waals surface area contributed by atoms with Crippen LogP contribution in [-0.2, 0) is 4.74 Å². The molecule has 0 aliphatic rings. The Bertz CT molecular complexity index is 1000. The van der Waals surface area contributed by atoms with Crippen molar-refractivity contribution < 1.29 is 19.1 Å². The number of pyridine rings is 1. The zero-order valence-corrected chi connectivity index (χ0v) is 16.1. The van der Waals surface area contributed by atoms with Crippen molar-refractivity contribution in [3.05, 3.63) is 78.1 Å². The van der Waals surface area contributed by atoms with Gasteiger partial charge >= 0.3 is 5.97 Å². The maximum Gasteiger partial charge on any atom is 0.337 e. The van der Waals surface area contributed by atoms with Crippen molar-refractivity contribution in [2.75, 3.05) is 24.4 Å². The van der Waals surface area contributed by atoms with Crippen molar-refractivity contribution in [3.8, 4) is 5.75 Å². The molecule has 0 bridgehead atoms. The molecule has 1 amide bonds. The molecule has 1 heterocycles. The Labute approximate surface area is 168 Å². The summed E-state index contributed by atoms with van der Waals surface area (Å²) in [6.45, 7) is 2.38. The lowest BCUT2D eigenvalue weighted by atomic mass is 10.2. The lowest BCUT2D eigenvalue weighted by Crippen LogP contribution is -2.14. The molecule has 0 spiro atoms. The second kappa shape index (κ2) is 9.36. The first-order chi connectivity index (χ1) is 14.1. The van der Waals surface area contributed by atoms with Crippen molar-refractivity contribution in [1.29, 1.82) is 0 Å². The number of hydrogen-bond donors (Lipinski definition) is 2. The Morgan fingerprint density at radius 3 is 2.48 bits per heavy atom. The van der Waals surface area contributed by atoms with Crippen LogP contribution in [0, 0.1) is 0 Å². The summed E-state index contributed by atoms with van der Waals surface area (Å²) in [5.74, 6) is -0.142. The van der Waals surface area contributed by atoms with Crippen molar-refractivity contribution in [1.82, 2.24) is 4.98 Å². The number of para-hydroxylation sites is 2. The fourth-order valence-corrected chi connectivity index (χ4v) is 2.64. The molecule has 0 atom stereocenters. The quantitative estimate of drug-likeness (QED) is 0.585. The summed E-state index contributed by atoms with van der Waals surface area (Å²) in [7, 11) is 1.34. The van der Waals surface area contributed by atoms with E-state index in [1.807, 2.05) is 19.1 Å². The van der Waals surface area contributed by atoms with Crippen LogP contribution in [0.3, 0.4) is 0 Å². The Kier molecular flexibility index (Phi) is 6.42. The van der Waals surface area contributed by atoms with E-state index in [-0.39, 0.29) is 11.6 Å². The summed E-state index contributed by atoms with van der Waals surface area (Å²) >= 11 is 0. The molecule has 3 aromatic rings. The molecule has 148 valence electrons. The van der Waals surface area contributed by atoms with Gasteiger partial charge in [-0.05, 0) is 55.5 Å². The van der Waals surface area contributed by atoms with Crippen molar-refractivity contribution in [3.63, 3.8) is 0 Å². The predicted octanol–water partition coefficient (Wildman–Crippen LogP) is 4.26. The highest BCUT2D eigenvalue weighted by Gasteiger charge is 2.12. The molecule has 0 radical (unpaired) electrons. The zero-order valence-electron chi connectivity index (χ0n) is 16.1. The number of rotatable bonds is 7. The van der Waals surface area contributed by atoms with Crippen LogP contribution >= 0.6 is 0 Å². The van der Waals surface area contributed by atoms with Gasteiger partial charge in [-0.3, -0.25) is 9.78 Å². The minimum absolute atomic E-state index is 0.257. The zero-order chi connectivity index (χ0) is 20.6. The van der Waals surface area contributed by atoms with Crippen molar-refractivity contribution in [2.24, 2.45) is 0 Å². The maximum atomic E-state index is 12.6. The molecule has 0 aliphatic carbocycles. The van der Waals surface area contributed by atoms with Gasteiger partial charge < -0.3 is 20.1 Å². The maximum absolute atomic E-state index is 12.6. The van der Waals surface area contributed by atoms with Crippen LogP contribution < -0.4 is 15.4 Å². The number of carbonyl (C=O) groups is 2.